The molecule has 0 aromatic rings. The third-order valence-corrected chi connectivity index (χ3v) is 4.31. The van der Waals surface area contributed by atoms with E-state index in [1.807, 2.05) is 6.92 Å². The molecule has 0 aromatic carbocycles. The molecule has 19 heavy (non-hydrogen) atoms. The van der Waals surface area contributed by atoms with Gasteiger partial charge in [0.1, 0.15) is 6.10 Å². The molecule has 2 aliphatic rings. The van der Waals surface area contributed by atoms with Crippen molar-refractivity contribution in [2.24, 2.45) is 5.92 Å². The fourth-order valence-electron chi connectivity index (χ4n) is 3.08. The van der Waals surface area contributed by atoms with Gasteiger partial charge in [0.15, 0.2) is 6.10 Å². The van der Waals surface area contributed by atoms with Gasteiger partial charge in [-0.15, -0.1) is 0 Å². The van der Waals surface area contributed by atoms with Gasteiger partial charge in [0.05, 0.1) is 0 Å². The van der Waals surface area contributed by atoms with Gasteiger partial charge in [-0.2, -0.15) is 0 Å². The minimum absolute atomic E-state index is 0.151. The highest BCUT2D eigenvalue weighted by atomic mass is 16.5. The summed E-state index contributed by atoms with van der Waals surface area (Å²) in [4.78, 5) is 22.8. The van der Waals surface area contributed by atoms with Gasteiger partial charge in [-0.3, -0.25) is 4.79 Å². The number of carboxylic acids is 1. The lowest BCUT2D eigenvalue weighted by molar-refractivity contribution is -0.152. The first-order valence-corrected chi connectivity index (χ1v) is 7.26. The first kappa shape index (κ1) is 14.3. The smallest absolute Gasteiger partial charge is 0.332 e. The highest BCUT2D eigenvalue weighted by molar-refractivity contribution is 5.82. The average molecular weight is 269 g/mol. The first-order valence-electron chi connectivity index (χ1n) is 7.26. The molecular weight excluding hydrogens is 246 g/mol. The van der Waals surface area contributed by atoms with E-state index >= 15 is 0 Å². The largest absolute Gasteiger partial charge is 0.479 e. The molecule has 0 spiro atoms. The van der Waals surface area contributed by atoms with E-state index in [0.29, 0.717) is 18.8 Å². The van der Waals surface area contributed by atoms with E-state index in [1.54, 1.807) is 0 Å². The van der Waals surface area contributed by atoms with Crippen LogP contribution in [0.2, 0.25) is 0 Å². The summed E-state index contributed by atoms with van der Waals surface area (Å²) >= 11 is 0. The van der Waals surface area contributed by atoms with Crippen LogP contribution in [0.25, 0.3) is 0 Å². The Kier molecular flexibility index (Phi) is 4.80. The van der Waals surface area contributed by atoms with Crippen molar-refractivity contribution in [3.05, 3.63) is 0 Å². The molecule has 1 heterocycles. The van der Waals surface area contributed by atoms with Crippen molar-refractivity contribution in [1.29, 1.82) is 0 Å². The summed E-state index contributed by atoms with van der Waals surface area (Å²) in [5.41, 5.74) is 0. The molecule has 2 N–H and O–H groups in total. The Labute approximate surface area is 113 Å². The normalized spacial score (nSPS) is 29.9. The topological polar surface area (TPSA) is 75.6 Å². The van der Waals surface area contributed by atoms with Crippen LogP contribution in [0.15, 0.2) is 0 Å². The lowest BCUT2D eigenvalue weighted by Crippen LogP contribution is -2.44. The predicted octanol–water partition coefficient (Wildman–Crippen LogP) is 1.70. The molecule has 0 aromatic heterocycles. The van der Waals surface area contributed by atoms with Crippen LogP contribution in [-0.4, -0.2) is 35.2 Å². The highest BCUT2D eigenvalue weighted by Crippen LogP contribution is 2.27. The van der Waals surface area contributed by atoms with Crippen LogP contribution in [0.3, 0.4) is 0 Å². The minimum Gasteiger partial charge on any atom is -0.479 e. The Balaban J connectivity index is 1.79. The molecule has 5 heteroatoms. The molecule has 2 rings (SSSR count). The standard InChI is InChI=1S/C14H23NO4/c1-9(10-5-3-2-4-6-10)15-13(16)11-7-8-12(19-11)14(17)18/h9-12H,2-8H2,1H3,(H,15,16)(H,17,18)/t9-,11?,12?/m0/s1. The summed E-state index contributed by atoms with van der Waals surface area (Å²) in [5.74, 6) is -0.577. The van der Waals surface area contributed by atoms with E-state index in [0.717, 1.165) is 0 Å². The maximum atomic E-state index is 12.0. The monoisotopic (exact) mass is 269 g/mol. The van der Waals surface area contributed by atoms with Crippen molar-refractivity contribution < 1.29 is 19.4 Å². The van der Waals surface area contributed by atoms with Gasteiger partial charge in [0.2, 0.25) is 5.91 Å². The average Bonchev–Trinajstić information content (AvgIpc) is 2.89. The number of carbonyl (C=O) groups excluding carboxylic acids is 1. The van der Waals surface area contributed by atoms with Crippen molar-refractivity contribution in [3.63, 3.8) is 0 Å². The number of hydrogen-bond donors (Lipinski definition) is 2. The molecule has 1 aliphatic heterocycles. The van der Waals surface area contributed by atoms with Crippen LogP contribution in [-0.2, 0) is 14.3 Å². The molecular formula is C14H23NO4. The molecule has 1 amide bonds. The zero-order chi connectivity index (χ0) is 13.8. The number of ether oxygens (including phenoxy) is 1. The fraction of sp³-hybridized carbons (Fsp3) is 0.857. The zero-order valence-electron chi connectivity index (χ0n) is 11.4. The number of aliphatic carboxylic acids is 1. The summed E-state index contributed by atoms with van der Waals surface area (Å²) in [6.07, 6.45) is 5.63. The van der Waals surface area contributed by atoms with Gasteiger partial charge in [-0.25, -0.2) is 4.79 Å². The molecule has 0 bridgehead atoms. The van der Waals surface area contributed by atoms with Gasteiger partial charge >= 0.3 is 5.97 Å². The number of amides is 1. The number of nitrogens with one attached hydrogen (secondary N) is 1. The molecule has 3 atom stereocenters. The molecule has 108 valence electrons. The van der Waals surface area contributed by atoms with E-state index in [9.17, 15) is 9.59 Å². The maximum Gasteiger partial charge on any atom is 0.332 e. The first-order chi connectivity index (χ1) is 9.08. The van der Waals surface area contributed by atoms with Crippen LogP contribution in [0.4, 0.5) is 0 Å². The van der Waals surface area contributed by atoms with Crippen molar-refractivity contribution in [3.8, 4) is 0 Å². The van der Waals surface area contributed by atoms with E-state index in [4.69, 9.17) is 9.84 Å². The Morgan fingerprint density at radius 3 is 2.32 bits per heavy atom. The zero-order valence-corrected chi connectivity index (χ0v) is 11.4. The van der Waals surface area contributed by atoms with Gasteiger partial charge in [-0.05, 0) is 38.5 Å². The van der Waals surface area contributed by atoms with E-state index < -0.39 is 18.2 Å². The number of hydrogen-bond acceptors (Lipinski definition) is 3. The van der Waals surface area contributed by atoms with E-state index in [2.05, 4.69) is 5.32 Å². The summed E-state index contributed by atoms with van der Waals surface area (Å²) in [7, 11) is 0. The molecule has 0 radical (unpaired) electrons. The Hall–Kier alpha value is -1.10. The third-order valence-electron chi connectivity index (χ3n) is 4.31. The quantitative estimate of drug-likeness (QED) is 0.814. The van der Waals surface area contributed by atoms with Crippen LogP contribution >= 0.6 is 0 Å². The summed E-state index contributed by atoms with van der Waals surface area (Å²) in [5, 5.41) is 11.8. The second kappa shape index (κ2) is 6.37. The summed E-state index contributed by atoms with van der Waals surface area (Å²) in [6, 6.07) is 0.153. The predicted molar refractivity (Wildman–Crippen MR) is 69.7 cm³/mol. The molecule has 2 unspecified atom stereocenters. The van der Waals surface area contributed by atoms with E-state index in [-0.39, 0.29) is 11.9 Å². The van der Waals surface area contributed by atoms with Crippen molar-refractivity contribution >= 4 is 11.9 Å². The summed E-state index contributed by atoms with van der Waals surface area (Å²) in [6.45, 7) is 2.04. The minimum atomic E-state index is -0.976. The van der Waals surface area contributed by atoms with Gasteiger partial charge < -0.3 is 15.2 Å². The fourth-order valence-corrected chi connectivity index (χ4v) is 3.08. The summed E-state index contributed by atoms with van der Waals surface area (Å²) < 4.78 is 5.26. The maximum absolute atomic E-state index is 12.0. The van der Waals surface area contributed by atoms with Gasteiger partial charge in [-0.1, -0.05) is 19.3 Å². The van der Waals surface area contributed by atoms with Crippen molar-refractivity contribution in [1.82, 2.24) is 5.32 Å². The number of carbonyl (C=O) groups is 2. The van der Waals surface area contributed by atoms with Crippen LogP contribution in [0, 0.1) is 5.92 Å². The van der Waals surface area contributed by atoms with Crippen LogP contribution in [0.1, 0.15) is 51.9 Å². The lowest BCUT2D eigenvalue weighted by Gasteiger charge is -2.29. The second-order valence-electron chi connectivity index (χ2n) is 5.72. The molecule has 1 aliphatic carbocycles. The SMILES string of the molecule is C[C@H](NC(=O)C1CCC(C(=O)O)O1)C1CCCCC1. The lowest BCUT2D eigenvalue weighted by atomic mass is 9.84. The van der Waals surface area contributed by atoms with Crippen LogP contribution in [0.5, 0.6) is 0 Å². The highest BCUT2D eigenvalue weighted by Gasteiger charge is 2.35. The van der Waals surface area contributed by atoms with Crippen molar-refractivity contribution in [2.45, 2.75) is 70.1 Å². The number of carboxylic acid groups (broad SMARTS) is 1. The van der Waals surface area contributed by atoms with Gasteiger partial charge in [0, 0.05) is 6.04 Å². The Morgan fingerprint density at radius 2 is 1.74 bits per heavy atom. The third kappa shape index (κ3) is 3.69. The molecule has 1 saturated heterocycles. The molecule has 2 fully saturated rings. The van der Waals surface area contributed by atoms with Crippen molar-refractivity contribution in [2.75, 3.05) is 0 Å². The molecule has 1 saturated carbocycles. The van der Waals surface area contributed by atoms with E-state index in [1.165, 1.54) is 32.1 Å². The second-order valence-corrected chi connectivity index (χ2v) is 5.72. The van der Waals surface area contributed by atoms with Gasteiger partial charge in [0.25, 0.3) is 0 Å². The Morgan fingerprint density at radius 1 is 1.11 bits per heavy atom. The van der Waals surface area contributed by atoms with Crippen LogP contribution < -0.4 is 5.32 Å². The number of rotatable bonds is 4. The molecule has 5 nitrogen and oxygen atoms in total. The Bertz CT molecular complexity index is 338.